The fourth-order valence-electron chi connectivity index (χ4n) is 1.88. The Morgan fingerprint density at radius 2 is 1.31 bits per heavy atom. The Morgan fingerprint density at radius 3 is 1.81 bits per heavy atom. The van der Waals surface area contributed by atoms with Gasteiger partial charge in [0.05, 0.1) is 0 Å². The molecule has 0 atom stereocenters. The summed E-state index contributed by atoms with van der Waals surface area (Å²) in [5.74, 6) is 0. The molecular formula is C15H33N. The molecule has 0 aliphatic heterocycles. The summed E-state index contributed by atoms with van der Waals surface area (Å²) in [6.45, 7) is 11.7. The van der Waals surface area contributed by atoms with E-state index in [2.05, 4.69) is 33.0 Å². The van der Waals surface area contributed by atoms with Gasteiger partial charge in [0, 0.05) is 0 Å². The van der Waals surface area contributed by atoms with Crippen molar-refractivity contribution in [1.29, 1.82) is 0 Å². The first-order chi connectivity index (χ1) is 7.56. The maximum Gasteiger partial charge on any atom is -0.00489 e. The molecule has 0 aromatic rings. The molecule has 0 aliphatic carbocycles. The third kappa shape index (κ3) is 14.0. The van der Waals surface area contributed by atoms with Crippen LogP contribution in [0.15, 0.2) is 0 Å². The lowest BCUT2D eigenvalue weighted by Gasteiger charge is -2.17. The molecule has 0 spiro atoms. The summed E-state index contributed by atoms with van der Waals surface area (Å²) in [4.78, 5) is 0. The lowest BCUT2D eigenvalue weighted by atomic mass is 9.89. The van der Waals surface area contributed by atoms with E-state index in [4.69, 9.17) is 0 Å². The summed E-state index contributed by atoms with van der Waals surface area (Å²) in [5, 5.41) is 3.54. The number of hydrogen-bond donors (Lipinski definition) is 1. The average molecular weight is 227 g/mol. The molecule has 0 aromatic heterocycles. The molecule has 1 N–H and O–H groups in total. The Labute approximate surface area is 103 Å². The lowest BCUT2D eigenvalue weighted by molar-refractivity contribution is 0.357. The molecule has 0 unspecified atom stereocenters. The maximum absolute atomic E-state index is 3.54. The second-order valence-electron chi connectivity index (χ2n) is 6.18. The topological polar surface area (TPSA) is 12.0 Å². The second-order valence-corrected chi connectivity index (χ2v) is 6.18. The van der Waals surface area contributed by atoms with Crippen LogP contribution in [0.3, 0.4) is 0 Å². The van der Waals surface area contributed by atoms with Crippen molar-refractivity contribution in [2.75, 3.05) is 13.1 Å². The third-order valence-corrected chi connectivity index (χ3v) is 2.99. The van der Waals surface area contributed by atoms with E-state index in [1.165, 1.54) is 64.5 Å². The Balaban J connectivity index is 2.99. The molecule has 0 aromatic carbocycles. The van der Waals surface area contributed by atoms with E-state index in [-0.39, 0.29) is 0 Å². The Kier molecular flexibility index (Phi) is 10.1. The lowest BCUT2D eigenvalue weighted by Crippen LogP contribution is -2.16. The molecule has 0 amide bonds. The smallest absolute Gasteiger partial charge is 0.00489 e. The molecule has 16 heavy (non-hydrogen) atoms. The van der Waals surface area contributed by atoms with E-state index >= 15 is 0 Å². The van der Waals surface area contributed by atoms with Crippen LogP contribution in [0.2, 0.25) is 0 Å². The number of unbranched alkanes of at least 4 members (excludes halogenated alkanes) is 5. The summed E-state index contributed by atoms with van der Waals surface area (Å²) >= 11 is 0. The van der Waals surface area contributed by atoms with Crippen LogP contribution in [0.25, 0.3) is 0 Å². The summed E-state index contributed by atoms with van der Waals surface area (Å²) in [5.41, 5.74) is 0.521. The minimum absolute atomic E-state index is 0.521. The van der Waals surface area contributed by atoms with Crippen molar-refractivity contribution in [3.63, 3.8) is 0 Å². The van der Waals surface area contributed by atoms with Crippen molar-refractivity contribution in [3.8, 4) is 0 Å². The molecule has 0 heterocycles. The fourth-order valence-corrected chi connectivity index (χ4v) is 1.88. The van der Waals surface area contributed by atoms with Gasteiger partial charge in [-0.05, 0) is 37.8 Å². The average Bonchev–Trinajstić information content (AvgIpc) is 2.19. The third-order valence-electron chi connectivity index (χ3n) is 2.99. The molecular weight excluding hydrogens is 194 g/mol. The number of rotatable bonds is 10. The largest absolute Gasteiger partial charge is 0.317 e. The molecule has 1 nitrogen and oxygen atoms in total. The Hall–Kier alpha value is -0.0400. The molecule has 98 valence electrons. The van der Waals surface area contributed by atoms with Crippen LogP contribution >= 0.6 is 0 Å². The van der Waals surface area contributed by atoms with Crippen molar-refractivity contribution >= 4 is 0 Å². The minimum Gasteiger partial charge on any atom is -0.317 e. The van der Waals surface area contributed by atoms with E-state index in [1.54, 1.807) is 0 Å². The van der Waals surface area contributed by atoms with Crippen molar-refractivity contribution in [3.05, 3.63) is 0 Å². The molecule has 0 bridgehead atoms. The predicted molar refractivity (Wildman–Crippen MR) is 74.9 cm³/mol. The van der Waals surface area contributed by atoms with Gasteiger partial charge < -0.3 is 5.32 Å². The highest BCUT2D eigenvalue weighted by molar-refractivity contribution is 4.61. The molecule has 0 saturated heterocycles. The van der Waals surface area contributed by atoms with Crippen LogP contribution in [0.4, 0.5) is 0 Å². The first-order valence-electron chi connectivity index (χ1n) is 7.27. The van der Waals surface area contributed by atoms with Crippen LogP contribution in [0, 0.1) is 5.41 Å². The minimum atomic E-state index is 0.521. The normalized spacial score (nSPS) is 12.0. The number of hydrogen-bond acceptors (Lipinski definition) is 1. The zero-order valence-corrected chi connectivity index (χ0v) is 12.1. The first-order valence-corrected chi connectivity index (χ1v) is 7.27. The van der Waals surface area contributed by atoms with Crippen molar-refractivity contribution < 1.29 is 0 Å². The number of nitrogens with one attached hydrogen (secondary N) is 1. The van der Waals surface area contributed by atoms with Gasteiger partial charge in [-0.2, -0.15) is 0 Å². The highest BCUT2D eigenvalue weighted by Crippen LogP contribution is 2.21. The van der Waals surface area contributed by atoms with Gasteiger partial charge in [-0.3, -0.25) is 0 Å². The summed E-state index contributed by atoms with van der Waals surface area (Å²) < 4.78 is 0. The van der Waals surface area contributed by atoms with Crippen LogP contribution in [0.1, 0.15) is 79.1 Å². The first kappa shape index (κ1) is 16.0. The molecule has 0 aliphatic rings. The van der Waals surface area contributed by atoms with Gasteiger partial charge in [0.1, 0.15) is 0 Å². The highest BCUT2D eigenvalue weighted by Gasteiger charge is 2.08. The Bertz CT molecular complexity index is 135. The highest BCUT2D eigenvalue weighted by atomic mass is 14.8. The molecule has 0 rings (SSSR count). The SMILES string of the molecule is CCCCCCNCCCCCC(C)(C)C. The van der Waals surface area contributed by atoms with Gasteiger partial charge in [0.2, 0.25) is 0 Å². The summed E-state index contributed by atoms with van der Waals surface area (Å²) in [6, 6.07) is 0. The molecule has 0 radical (unpaired) electrons. The summed E-state index contributed by atoms with van der Waals surface area (Å²) in [6.07, 6.45) is 11.0. The van der Waals surface area contributed by atoms with Crippen molar-refractivity contribution in [1.82, 2.24) is 5.32 Å². The van der Waals surface area contributed by atoms with E-state index in [9.17, 15) is 0 Å². The Morgan fingerprint density at radius 1 is 0.750 bits per heavy atom. The molecule has 1 heteroatoms. The summed E-state index contributed by atoms with van der Waals surface area (Å²) in [7, 11) is 0. The van der Waals surface area contributed by atoms with Gasteiger partial charge >= 0.3 is 0 Å². The van der Waals surface area contributed by atoms with Gasteiger partial charge in [0.15, 0.2) is 0 Å². The van der Waals surface area contributed by atoms with E-state index in [0.717, 1.165) is 0 Å². The maximum atomic E-state index is 3.54. The van der Waals surface area contributed by atoms with E-state index in [1.807, 2.05) is 0 Å². The molecule has 0 fully saturated rings. The van der Waals surface area contributed by atoms with Gasteiger partial charge in [0.25, 0.3) is 0 Å². The van der Waals surface area contributed by atoms with Crippen LogP contribution in [-0.4, -0.2) is 13.1 Å². The monoisotopic (exact) mass is 227 g/mol. The van der Waals surface area contributed by atoms with Crippen LogP contribution in [-0.2, 0) is 0 Å². The van der Waals surface area contributed by atoms with Crippen LogP contribution < -0.4 is 5.32 Å². The predicted octanol–water partition coefficient (Wildman–Crippen LogP) is 4.76. The van der Waals surface area contributed by atoms with Gasteiger partial charge in [-0.1, -0.05) is 59.8 Å². The quantitative estimate of drug-likeness (QED) is 0.530. The van der Waals surface area contributed by atoms with Crippen molar-refractivity contribution in [2.24, 2.45) is 5.41 Å². The second kappa shape index (κ2) is 10.1. The van der Waals surface area contributed by atoms with Gasteiger partial charge in [-0.25, -0.2) is 0 Å². The van der Waals surface area contributed by atoms with E-state index < -0.39 is 0 Å². The zero-order valence-electron chi connectivity index (χ0n) is 12.1. The fraction of sp³-hybridized carbons (Fsp3) is 1.00. The van der Waals surface area contributed by atoms with E-state index in [0.29, 0.717) is 5.41 Å². The standard InChI is InChI=1S/C15H33N/c1-5-6-7-10-13-16-14-11-8-9-12-15(2,3)4/h16H,5-14H2,1-4H3. The zero-order chi connectivity index (χ0) is 12.3. The van der Waals surface area contributed by atoms with Crippen LogP contribution in [0.5, 0.6) is 0 Å². The molecule has 0 saturated carbocycles. The van der Waals surface area contributed by atoms with Crippen molar-refractivity contribution in [2.45, 2.75) is 79.1 Å². The van der Waals surface area contributed by atoms with Gasteiger partial charge in [-0.15, -0.1) is 0 Å².